The Kier molecular flexibility index (Phi) is 4.73. The van der Waals surface area contributed by atoms with E-state index in [9.17, 15) is 14.0 Å². The van der Waals surface area contributed by atoms with Crippen LogP contribution in [0.25, 0.3) is 0 Å². The summed E-state index contributed by atoms with van der Waals surface area (Å²) in [5, 5.41) is 2.64. The van der Waals surface area contributed by atoms with Crippen molar-refractivity contribution in [3.05, 3.63) is 46.8 Å². The summed E-state index contributed by atoms with van der Waals surface area (Å²) in [6, 6.07) is 4.42. The van der Waals surface area contributed by atoms with Crippen LogP contribution >= 0.6 is 0 Å². The van der Waals surface area contributed by atoms with E-state index in [1.807, 2.05) is 0 Å². The Morgan fingerprint density at radius 2 is 1.76 bits per heavy atom. The van der Waals surface area contributed by atoms with Gasteiger partial charge in [-0.3, -0.25) is 9.59 Å². The molecule has 4 nitrogen and oxygen atoms in total. The van der Waals surface area contributed by atoms with E-state index in [-0.39, 0.29) is 5.91 Å². The minimum atomic E-state index is -0.949. The summed E-state index contributed by atoms with van der Waals surface area (Å²) in [5.41, 5.74) is 7.61. The zero-order valence-corrected chi connectivity index (χ0v) is 12.0. The minimum Gasteiger partial charge on any atom is -0.368 e. The van der Waals surface area contributed by atoms with E-state index in [2.05, 4.69) is 5.32 Å². The Labute approximate surface area is 123 Å². The number of nitrogens with two attached hydrogens (primary N) is 1. The number of rotatable bonds is 4. The average molecular weight is 290 g/mol. The first-order valence-corrected chi connectivity index (χ1v) is 7.03. The smallest absolute Gasteiger partial charge is 0.247 e. The largest absolute Gasteiger partial charge is 0.368 e. The Morgan fingerprint density at radius 3 is 2.29 bits per heavy atom. The van der Waals surface area contributed by atoms with Crippen molar-refractivity contribution in [1.82, 2.24) is 5.32 Å². The summed E-state index contributed by atoms with van der Waals surface area (Å²) in [5.74, 6) is -1.36. The van der Waals surface area contributed by atoms with Crippen LogP contribution in [-0.4, -0.2) is 11.8 Å². The van der Waals surface area contributed by atoms with Gasteiger partial charge in [-0.05, 0) is 50.3 Å². The van der Waals surface area contributed by atoms with Crippen molar-refractivity contribution in [2.24, 2.45) is 5.73 Å². The molecule has 3 N–H and O–H groups in total. The summed E-state index contributed by atoms with van der Waals surface area (Å²) in [6.07, 6.45) is 4.04. The zero-order chi connectivity index (χ0) is 15.4. The van der Waals surface area contributed by atoms with Crippen molar-refractivity contribution >= 4 is 11.8 Å². The van der Waals surface area contributed by atoms with E-state index in [0.717, 1.165) is 31.3 Å². The third-order valence-corrected chi connectivity index (χ3v) is 3.84. The number of carbonyl (C=O) groups is 2. The molecule has 1 aliphatic carbocycles. The molecular weight excluding hydrogens is 271 g/mol. The highest BCUT2D eigenvalue weighted by atomic mass is 19.1. The van der Waals surface area contributed by atoms with Gasteiger partial charge in [-0.2, -0.15) is 0 Å². The molecule has 2 amide bonds. The molecule has 5 heteroatoms. The first-order chi connectivity index (χ1) is 9.99. The maximum absolute atomic E-state index is 12.9. The van der Waals surface area contributed by atoms with Crippen LogP contribution in [0.2, 0.25) is 0 Å². The van der Waals surface area contributed by atoms with Crippen LogP contribution in [0.15, 0.2) is 35.4 Å². The topological polar surface area (TPSA) is 72.2 Å². The normalized spacial score (nSPS) is 15.6. The van der Waals surface area contributed by atoms with Crippen LogP contribution in [0, 0.1) is 5.82 Å². The van der Waals surface area contributed by atoms with Gasteiger partial charge in [0.25, 0.3) is 0 Å². The molecule has 0 aromatic heterocycles. The summed E-state index contributed by atoms with van der Waals surface area (Å²) in [4.78, 5) is 23.8. The van der Waals surface area contributed by atoms with E-state index >= 15 is 0 Å². The third kappa shape index (κ3) is 3.68. The van der Waals surface area contributed by atoms with Gasteiger partial charge < -0.3 is 11.1 Å². The summed E-state index contributed by atoms with van der Waals surface area (Å²) >= 11 is 0. The SMILES string of the molecule is CC(C(=O)N[C@H](C(N)=O)c1ccc(F)cc1)=C1CCCC1. The lowest BCUT2D eigenvalue weighted by atomic mass is 10.0. The number of amides is 2. The van der Waals surface area contributed by atoms with Gasteiger partial charge in [0.1, 0.15) is 11.9 Å². The van der Waals surface area contributed by atoms with Gasteiger partial charge in [-0.1, -0.05) is 17.7 Å². The van der Waals surface area contributed by atoms with Gasteiger partial charge in [-0.25, -0.2) is 4.39 Å². The molecule has 1 atom stereocenters. The summed E-state index contributed by atoms with van der Waals surface area (Å²) < 4.78 is 12.9. The molecule has 21 heavy (non-hydrogen) atoms. The number of allylic oxidation sites excluding steroid dienone is 1. The number of primary amides is 1. The number of hydrogen-bond donors (Lipinski definition) is 2. The molecule has 0 saturated heterocycles. The molecule has 0 unspecified atom stereocenters. The second-order valence-corrected chi connectivity index (χ2v) is 5.30. The fourth-order valence-electron chi connectivity index (χ4n) is 2.55. The highest BCUT2D eigenvalue weighted by Gasteiger charge is 2.22. The van der Waals surface area contributed by atoms with E-state index in [1.165, 1.54) is 24.3 Å². The van der Waals surface area contributed by atoms with Crippen molar-refractivity contribution in [3.63, 3.8) is 0 Å². The number of hydrogen-bond acceptors (Lipinski definition) is 2. The highest BCUT2D eigenvalue weighted by Crippen LogP contribution is 2.27. The Bertz CT molecular complexity index is 570. The van der Waals surface area contributed by atoms with Gasteiger partial charge in [-0.15, -0.1) is 0 Å². The average Bonchev–Trinajstić information content (AvgIpc) is 2.98. The monoisotopic (exact) mass is 290 g/mol. The maximum atomic E-state index is 12.9. The third-order valence-electron chi connectivity index (χ3n) is 3.84. The van der Waals surface area contributed by atoms with Crippen molar-refractivity contribution in [2.45, 2.75) is 38.6 Å². The fraction of sp³-hybridized carbons (Fsp3) is 0.375. The van der Waals surface area contributed by atoms with Gasteiger partial charge >= 0.3 is 0 Å². The lowest BCUT2D eigenvalue weighted by Crippen LogP contribution is -2.38. The second kappa shape index (κ2) is 6.52. The summed E-state index contributed by atoms with van der Waals surface area (Å²) in [7, 11) is 0. The zero-order valence-electron chi connectivity index (χ0n) is 12.0. The number of carbonyl (C=O) groups excluding carboxylic acids is 2. The van der Waals surface area contributed by atoms with E-state index in [4.69, 9.17) is 5.73 Å². The Balaban J connectivity index is 2.17. The molecular formula is C16H19FN2O2. The van der Waals surface area contributed by atoms with Gasteiger partial charge in [0.2, 0.25) is 11.8 Å². The van der Waals surface area contributed by atoms with E-state index in [1.54, 1.807) is 6.92 Å². The molecule has 0 radical (unpaired) electrons. The quantitative estimate of drug-likeness (QED) is 0.836. The van der Waals surface area contributed by atoms with Crippen molar-refractivity contribution < 1.29 is 14.0 Å². The van der Waals surface area contributed by atoms with Crippen molar-refractivity contribution in [1.29, 1.82) is 0 Å². The van der Waals surface area contributed by atoms with Gasteiger partial charge in [0, 0.05) is 5.57 Å². The van der Waals surface area contributed by atoms with Crippen molar-refractivity contribution in [2.75, 3.05) is 0 Å². The van der Waals surface area contributed by atoms with Crippen LogP contribution in [0.3, 0.4) is 0 Å². The molecule has 1 saturated carbocycles. The lowest BCUT2D eigenvalue weighted by molar-refractivity contribution is -0.125. The van der Waals surface area contributed by atoms with Crippen molar-refractivity contribution in [3.8, 4) is 0 Å². The lowest BCUT2D eigenvalue weighted by Gasteiger charge is -2.17. The fourth-order valence-corrected chi connectivity index (χ4v) is 2.55. The molecule has 2 rings (SSSR count). The number of benzene rings is 1. The van der Waals surface area contributed by atoms with E-state index < -0.39 is 17.8 Å². The van der Waals surface area contributed by atoms with Gasteiger partial charge in [0.05, 0.1) is 0 Å². The van der Waals surface area contributed by atoms with Gasteiger partial charge in [0.15, 0.2) is 0 Å². The molecule has 1 fully saturated rings. The molecule has 0 aliphatic heterocycles. The molecule has 0 bridgehead atoms. The van der Waals surface area contributed by atoms with Crippen LogP contribution in [0.4, 0.5) is 4.39 Å². The molecule has 1 aromatic carbocycles. The first-order valence-electron chi connectivity index (χ1n) is 7.03. The Morgan fingerprint density at radius 1 is 1.19 bits per heavy atom. The standard InChI is InChI=1S/C16H19FN2O2/c1-10(11-4-2-3-5-11)16(21)19-14(15(18)20)12-6-8-13(17)9-7-12/h6-9,14H,2-5H2,1H3,(H2,18,20)(H,19,21)/t14-/m0/s1. The predicted molar refractivity (Wildman–Crippen MR) is 77.6 cm³/mol. The first kappa shape index (κ1) is 15.2. The molecule has 1 aliphatic rings. The number of halogens is 1. The maximum Gasteiger partial charge on any atom is 0.247 e. The van der Waals surface area contributed by atoms with Crippen LogP contribution < -0.4 is 11.1 Å². The van der Waals surface area contributed by atoms with Crippen LogP contribution in [0.1, 0.15) is 44.2 Å². The van der Waals surface area contributed by atoms with Crippen LogP contribution in [-0.2, 0) is 9.59 Å². The minimum absolute atomic E-state index is 0.292. The Hall–Kier alpha value is -2.17. The predicted octanol–water partition coefficient (Wildman–Crippen LogP) is 2.36. The van der Waals surface area contributed by atoms with Crippen LogP contribution in [0.5, 0.6) is 0 Å². The molecule has 1 aromatic rings. The summed E-state index contributed by atoms with van der Waals surface area (Å²) in [6.45, 7) is 1.76. The molecule has 112 valence electrons. The molecule has 0 heterocycles. The number of nitrogens with one attached hydrogen (secondary N) is 1. The molecule has 0 spiro atoms. The second-order valence-electron chi connectivity index (χ2n) is 5.30. The van der Waals surface area contributed by atoms with E-state index in [0.29, 0.717) is 11.1 Å². The highest BCUT2D eigenvalue weighted by molar-refractivity contribution is 5.97.